The molecule has 2 N–H and O–H groups in total. The van der Waals surface area contributed by atoms with Crippen LogP contribution in [0.15, 0.2) is 60.7 Å². The van der Waals surface area contributed by atoms with Crippen molar-refractivity contribution in [3.63, 3.8) is 0 Å². The summed E-state index contributed by atoms with van der Waals surface area (Å²) in [4.78, 5) is 28.5. The van der Waals surface area contributed by atoms with Crippen LogP contribution in [0, 0.1) is 0 Å². The van der Waals surface area contributed by atoms with Crippen LogP contribution >= 0.6 is 0 Å². The molecule has 6 heteroatoms. The number of anilines is 2. The number of urea groups is 1. The topological polar surface area (TPSA) is 64.7 Å². The third-order valence-electron chi connectivity index (χ3n) is 4.39. The highest BCUT2D eigenvalue weighted by Gasteiger charge is 2.18. The minimum absolute atomic E-state index is 0.189. The van der Waals surface area contributed by atoms with Gasteiger partial charge in [0.2, 0.25) is 5.91 Å². The summed E-state index contributed by atoms with van der Waals surface area (Å²) in [6.07, 6.45) is 2.76. The fourth-order valence-corrected chi connectivity index (χ4v) is 3.05. The summed E-state index contributed by atoms with van der Waals surface area (Å²) in [6.45, 7) is 2.83. The highest BCUT2D eigenvalue weighted by atomic mass is 16.2. The van der Waals surface area contributed by atoms with Crippen LogP contribution in [0.1, 0.15) is 19.3 Å². The molecule has 0 spiro atoms. The Morgan fingerprint density at radius 1 is 0.846 bits per heavy atom. The first-order valence-corrected chi connectivity index (χ1v) is 8.95. The molecule has 136 valence electrons. The van der Waals surface area contributed by atoms with E-state index in [-0.39, 0.29) is 5.91 Å². The van der Waals surface area contributed by atoms with E-state index >= 15 is 0 Å². The number of hydrogen-bond acceptors (Lipinski definition) is 3. The fraction of sp³-hybridized carbons (Fsp3) is 0.300. The smallest absolute Gasteiger partial charge is 0.303 e. The monoisotopic (exact) mass is 352 g/mol. The number of nitrogens with zero attached hydrogens (tertiary/aromatic N) is 2. The van der Waals surface area contributed by atoms with Gasteiger partial charge in [0.25, 0.3) is 0 Å². The fourth-order valence-electron chi connectivity index (χ4n) is 3.05. The third kappa shape index (κ3) is 4.83. The highest BCUT2D eigenvalue weighted by Crippen LogP contribution is 2.24. The van der Waals surface area contributed by atoms with E-state index in [1.807, 2.05) is 60.7 Å². The number of carbonyl (C=O) groups is 2. The molecule has 0 unspecified atom stereocenters. The van der Waals surface area contributed by atoms with Crippen molar-refractivity contribution in [1.29, 1.82) is 0 Å². The van der Waals surface area contributed by atoms with E-state index in [9.17, 15) is 9.59 Å². The molecule has 2 aromatic carbocycles. The summed E-state index contributed by atoms with van der Waals surface area (Å²) in [5.41, 5.74) is 6.49. The molecule has 2 aromatic rings. The molecule has 0 radical (unpaired) electrons. The predicted molar refractivity (Wildman–Crippen MR) is 102 cm³/mol. The summed E-state index contributed by atoms with van der Waals surface area (Å²) in [5.74, 6) is -0.189. The molecule has 6 nitrogen and oxygen atoms in total. The third-order valence-corrected chi connectivity index (χ3v) is 4.39. The van der Waals surface area contributed by atoms with Crippen molar-refractivity contribution < 1.29 is 9.59 Å². The lowest BCUT2D eigenvalue weighted by Gasteiger charge is -2.23. The number of benzene rings is 2. The molecule has 1 aliphatic rings. The van der Waals surface area contributed by atoms with E-state index in [1.54, 1.807) is 0 Å². The van der Waals surface area contributed by atoms with Gasteiger partial charge < -0.3 is 4.90 Å². The van der Waals surface area contributed by atoms with Crippen LogP contribution in [0.25, 0.3) is 0 Å². The van der Waals surface area contributed by atoms with Crippen LogP contribution < -0.4 is 15.8 Å². The normalized spacial score (nSPS) is 14.0. The van der Waals surface area contributed by atoms with Crippen molar-refractivity contribution >= 4 is 23.3 Å². The molecule has 0 atom stereocenters. The molecule has 0 aromatic heterocycles. The Morgan fingerprint density at radius 3 is 1.92 bits per heavy atom. The number of para-hydroxylation sites is 2. The van der Waals surface area contributed by atoms with Crippen molar-refractivity contribution in [2.24, 2.45) is 0 Å². The first-order chi connectivity index (χ1) is 12.7. The maximum Gasteiger partial charge on any atom is 0.345 e. The predicted octanol–water partition coefficient (Wildman–Crippen LogP) is 3.05. The Kier molecular flexibility index (Phi) is 6.22. The van der Waals surface area contributed by atoms with Crippen LogP contribution in [-0.2, 0) is 4.79 Å². The summed E-state index contributed by atoms with van der Waals surface area (Å²) >= 11 is 0. The summed E-state index contributed by atoms with van der Waals surface area (Å²) < 4.78 is 0. The van der Waals surface area contributed by atoms with Gasteiger partial charge in [0.15, 0.2) is 0 Å². The molecule has 3 rings (SSSR count). The number of nitrogens with one attached hydrogen (secondary N) is 2. The first-order valence-electron chi connectivity index (χ1n) is 8.95. The van der Waals surface area contributed by atoms with Crippen LogP contribution in [0.3, 0.4) is 0 Å². The van der Waals surface area contributed by atoms with E-state index in [2.05, 4.69) is 15.8 Å². The molecule has 1 saturated heterocycles. The van der Waals surface area contributed by atoms with Crippen molar-refractivity contribution in [2.45, 2.75) is 19.3 Å². The number of hydrogen-bond donors (Lipinski definition) is 2. The van der Waals surface area contributed by atoms with Crippen LogP contribution in [0.2, 0.25) is 0 Å². The Balaban J connectivity index is 1.60. The molecular weight excluding hydrogens is 328 g/mol. The molecule has 0 bridgehead atoms. The van der Waals surface area contributed by atoms with E-state index in [1.165, 1.54) is 17.7 Å². The molecule has 1 fully saturated rings. The Labute approximate surface area is 153 Å². The zero-order chi connectivity index (χ0) is 18.2. The van der Waals surface area contributed by atoms with E-state index in [0.29, 0.717) is 6.42 Å². The number of likely N-dealkylation sites (tertiary alicyclic amines) is 1. The Hall–Kier alpha value is -2.86. The second-order valence-corrected chi connectivity index (χ2v) is 6.28. The van der Waals surface area contributed by atoms with Gasteiger partial charge in [-0.15, -0.1) is 0 Å². The first kappa shape index (κ1) is 17.9. The van der Waals surface area contributed by atoms with Gasteiger partial charge in [0.05, 0.1) is 11.4 Å². The molecule has 1 aliphatic heterocycles. The molecular formula is C20H24N4O2. The highest BCUT2D eigenvalue weighted by molar-refractivity contribution is 6.00. The van der Waals surface area contributed by atoms with Crippen molar-refractivity contribution in [3.8, 4) is 0 Å². The maximum atomic E-state index is 12.7. The van der Waals surface area contributed by atoms with Gasteiger partial charge in [-0.1, -0.05) is 36.4 Å². The number of hydrazine groups is 1. The summed E-state index contributed by atoms with van der Waals surface area (Å²) in [7, 11) is 0. The zero-order valence-corrected chi connectivity index (χ0v) is 14.7. The zero-order valence-electron chi connectivity index (χ0n) is 14.7. The van der Waals surface area contributed by atoms with Crippen LogP contribution in [-0.4, -0.2) is 36.5 Å². The molecule has 1 heterocycles. The van der Waals surface area contributed by atoms with Crippen molar-refractivity contribution in [1.82, 2.24) is 15.8 Å². The van der Waals surface area contributed by atoms with Gasteiger partial charge in [0, 0.05) is 13.0 Å². The van der Waals surface area contributed by atoms with Crippen molar-refractivity contribution in [3.05, 3.63) is 60.7 Å². The average molecular weight is 352 g/mol. The summed E-state index contributed by atoms with van der Waals surface area (Å²) in [5, 5.41) is 0. The average Bonchev–Trinajstić information content (AvgIpc) is 3.20. The van der Waals surface area contributed by atoms with E-state index < -0.39 is 6.03 Å². The number of carbonyl (C=O) groups excluding carboxylic acids is 2. The lowest BCUT2D eigenvalue weighted by Crippen LogP contribution is -2.48. The summed E-state index contributed by atoms with van der Waals surface area (Å²) in [6, 6.07) is 18.3. The standard InChI is InChI=1S/C20H24N4O2/c25-19(13-16-23-14-7-8-15-23)21-22-20(26)24(17-9-3-1-4-10-17)18-11-5-2-6-12-18/h1-6,9-12H,7-8,13-16H2,(H,21,25)(H,22,26). The van der Waals surface area contributed by atoms with Gasteiger partial charge in [0.1, 0.15) is 0 Å². The lowest BCUT2D eigenvalue weighted by atomic mass is 10.2. The van der Waals surface area contributed by atoms with Gasteiger partial charge in [-0.25, -0.2) is 10.2 Å². The van der Waals surface area contributed by atoms with Gasteiger partial charge >= 0.3 is 6.03 Å². The largest absolute Gasteiger partial charge is 0.345 e. The quantitative estimate of drug-likeness (QED) is 0.813. The Bertz CT molecular complexity index is 676. The van der Waals surface area contributed by atoms with E-state index in [4.69, 9.17) is 0 Å². The minimum atomic E-state index is -0.406. The Morgan fingerprint density at radius 2 is 1.38 bits per heavy atom. The van der Waals surface area contributed by atoms with Crippen LogP contribution in [0.5, 0.6) is 0 Å². The molecule has 26 heavy (non-hydrogen) atoms. The number of rotatable bonds is 5. The SMILES string of the molecule is O=C(CCN1CCCC1)NNC(=O)N(c1ccccc1)c1ccccc1. The number of amides is 3. The van der Waals surface area contributed by atoms with Gasteiger partial charge in [-0.05, 0) is 50.2 Å². The second-order valence-electron chi connectivity index (χ2n) is 6.28. The van der Waals surface area contributed by atoms with Gasteiger partial charge in [-0.3, -0.25) is 15.1 Å². The second kappa shape index (κ2) is 9.01. The maximum absolute atomic E-state index is 12.7. The molecule has 0 aliphatic carbocycles. The van der Waals surface area contributed by atoms with Crippen LogP contribution in [0.4, 0.5) is 16.2 Å². The van der Waals surface area contributed by atoms with E-state index in [0.717, 1.165) is 31.0 Å². The van der Waals surface area contributed by atoms with Gasteiger partial charge in [-0.2, -0.15) is 0 Å². The minimum Gasteiger partial charge on any atom is -0.303 e. The van der Waals surface area contributed by atoms with Crippen molar-refractivity contribution in [2.75, 3.05) is 24.5 Å². The molecule has 3 amide bonds. The lowest BCUT2D eigenvalue weighted by molar-refractivity contribution is -0.122. The molecule has 0 saturated carbocycles.